The second kappa shape index (κ2) is 4.56. The maximum Gasteiger partial charge on any atom is 0.410 e. The van der Waals surface area contributed by atoms with Gasteiger partial charge in [0.05, 0.1) is 6.04 Å². The Bertz CT molecular complexity index is 347. The number of amides is 1. The fourth-order valence-corrected chi connectivity index (χ4v) is 3.37. The van der Waals surface area contributed by atoms with Crippen molar-refractivity contribution in [2.45, 2.75) is 52.2 Å². The van der Waals surface area contributed by atoms with Gasteiger partial charge in [0.1, 0.15) is 11.9 Å². The molecule has 4 heteroatoms. The normalized spacial score (nSPS) is 35.4. The number of likely N-dealkylation sites (tertiary alicyclic amines) is 1. The van der Waals surface area contributed by atoms with Crippen molar-refractivity contribution in [1.29, 1.82) is 0 Å². The molecule has 1 amide bonds. The van der Waals surface area contributed by atoms with Crippen molar-refractivity contribution >= 4 is 12.4 Å². The lowest BCUT2D eigenvalue weighted by Crippen LogP contribution is -2.42. The molecule has 0 aromatic rings. The minimum Gasteiger partial charge on any atom is -0.444 e. The Kier molecular flexibility index (Phi) is 3.39. The summed E-state index contributed by atoms with van der Waals surface area (Å²) >= 11 is 0. The molecule has 0 aromatic carbocycles. The van der Waals surface area contributed by atoms with Crippen molar-refractivity contribution in [3.8, 4) is 0 Å². The van der Waals surface area contributed by atoms with E-state index in [0.29, 0.717) is 24.3 Å². The Morgan fingerprint density at radius 2 is 2.00 bits per heavy atom. The molecule has 4 nitrogen and oxygen atoms in total. The number of fused-ring (bicyclic) bond motifs is 1. The first-order valence-corrected chi connectivity index (χ1v) is 6.76. The zero-order chi connectivity index (χ0) is 13.5. The van der Waals surface area contributed by atoms with Gasteiger partial charge in [-0.1, -0.05) is 6.92 Å². The zero-order valence-corrected chi connectivity index (χ0v) is 11.7. The molecule has 102 valence electrons. The Morgan fingerprint density at radius 1 is 1.33 bits per heavy atom. The molecule has 4 atom stereocenters. The Labute approximate surface area is 109 Å². The van der Waals surface area contributed by atoms with E-state index in [1.165, 1.54) is 0 Å². The molecular weight excluding hydrogens is 230 g/mol. The van der Waals surface area contributed by atoms with E-state index in [-0.39, 0.29) is 12.1 Å². The number of rotatable bonds is 1. The van der Waals surface area contributed by atoms with Gasteiger partial charge in [-0.05, 0) is 51.4 Å². The van der Waals surface area contributed by atoms with Crippen molar-refractivity contribution in [2.24, 2.45) is 17.8 Å². The number of hydrogen-bond acceptors (Lipinski definition) is 3. The number of hydrogen-bond donors (Lipinski definition) is 0. The summed E-state index contributed by atoms with van der Waals surface area (Å²) in [4.78, 5) is 25.0. The molecule has 0 spiro atoms. The monoisotopic (exact) mass is 253 g/mol. The molecule has 0 N–H and O–H groups in total. The summed E-state index contributed by atoms with van der Waals surface area (Å²) in [6.45, 7) is 8.44. The van der Waals surface area contributed by atoms with E-state index >= 15 is 0 Å². The maximum atomic E-state index is 12.1. The second-order valence-electron chi connectivity index (χ2n) is 6.76. The van der Waals surface area contributed by atoms with Crippen molar-refractivity contribution in [2.75, 3.05) is 6.54 Å². The Balaban J connectivity index is 2.07. The van der Waals surface area contributed by atoms with Crippen LogP contribution in [0.15, 0.2) is 0 Å². The van der Waals surface area contributed by atoms with Crippen molar-refractivity contribution in [1.82, 2.24) is 4.90 Å². The number of carbonyl (C=O) groups is 2. The van der Waals surface area contributed by atoms with Crippen LogP contribution >= 0.6 is 0 Å². The van der Waals surface area contributed by atoms with Gasteiger partial charge in [-0.25, -0.2) is 4.79 Å². The van der Waals surface area contributed by atoms with Gasteiger partial charge in [0, 0.05) is 6.54 Å². The molecule has 2 fully saturated rings. The standard InChI is InChI=1S/C14H23NO3/c1-9-5-10-7-15(12(8-16)11(10)6-9)13(17)18-14(2,3)4/h8-12H,5-7H2,1-4H3/t9?,10-,11-,12+/m0/s1. The van der Waals surface area contributed by atoms with Crippen LogP contribution < -0.4 is 0 Å². The van der Waals surface area contributed by atoms with E-state index in [9.17, 15) is 9.59 Å². The second-order valence-corrected chi connectivity index (χ2v) is 6.76. The first kappa shape index (κ1) is 13.4. The topological polar surface area (TPSA) is 46.6 Å². The fraction of sp³-hybridized carbons (Fsp3) is 0.857. The molecule has 0 aromatic heterocycles. The third-order valence-electron chi connectivity index (χ3n) is 3.98. The summed E-state index contributed by atoms with van der Waals surface area (Å²) in [7, 11) is 0. The van der Waals surface area contributed by atoms with E-state index in [1.54, 1.807) is 4.90 Å². The van der Waals surface area contributed by atoms with E-state index in [1.807, 2.05) is 20.8 Å². The summed E-state index contributed by atoms with van der Waals surface area (Å²) in [5, 5.41) is 0. The predicted molar refractivity (Wildman–Crippen MR) is 68.2 cm³/mol. The molecule has 1 unspecified atom stereocenters. The molecular formula is C14H23NO3. The van der Waals surface area contributed by atoms with E-state index in [4.69, 9.17) is 4.74 Å². The maximum absolute atomic E-state index is 12.1. The summed E-state index contributed by atoms with van der Waals surface area (Å²) in [5.41, 5.74) is -0.504. The van der Waals surface area contributed by atoms with Gasteiger partial charge < -0.3 is 9.53 Å². The quantitative estimate of drug-likeness (QED) is 0.674. The lowest BCUT2D eigenvalue weighted by molar-refractivity contribution is -0.112. The third-order valence-corrected chi connectivity index (χ3v) is 3.98. The molecule has 18 heavy (non-hydrogen) atoms. The highest BCUT2D eigenvalue weighted by Gasteiger charge is 2.48. The number of nitrogens with zero attached hydrogens (tertiary/aromatic N) is 1. The van der Waals surface area contributed by atoms with Gasteiger partial charge in [-0.15, -0.1) is 0 Å². The van der Waals surface area contributed by atoms with Crippen LogP contribution in [-0.4, -0.2) is 35.5 Å². The van der Waals surface area contributed by atoms with Crippen LogP contribution in [0.3, 0.4) is 0 Å². The Morgan fingerprint density at radius 3 is 2.56 bits per heavy atom. The molecule has 2 rings (SSSR count). The summed E-state index contributed by atoms with van der Waals surface area (Å²) in [6.07, 6.45) is 2.75. The zero-order valence-electron chi connectivity index (χ0n) is 11.7. The van der Waals surface area contributed by atoms with E-state index in [2.05, 4.69) is 6.92 Å². The van der Waals surface area contributed by atoms with Gasteiger partial charge in [0.25, 0.3) is 0 Å². The molecule has 1 aliphatic carbocycles. The van der Waals surface area contributed by atoms with Crippen LogP contribution in [0.1, 0.15) is 40.5 Å². The molecule has 0 bridgehead atoms. The van der Waals surface area contributed by atoms with Crippen LogP contribution in [0.4, 0.5) is 4.79 Å². The molecule has 1 aliphatic heterocycles. The van der Waals surface area contributed by atoms with Crippen molar-refractivity contribution in [3.05, 3.63) is 0 Å². The van der Waals surface area contributed by atoms with Crippen LogP contribution in [0.5, 0.6) is 0 Å². The molecule has 1 saturated carbocycles. The SMILES string of the molecule is CC1C[C@H]2CN(C(=O)OC(C)(C)C)[C@H](C=O)[C@H]2C1. The van der Waals surface area contributed by atoms with Gasteiger partial charge in [0.15, 0.2) is 0 Å². The lowest BCUT2D eigenvalue weighted by Gasteiger charge is -2.28. The molecule has 1 saturated heterocycles. The molecule has 0 radical (unpaired) electrons. The first-order valence-electron chi connectivity index (χ1n) is 6.76. The average Bonchev–Trinajstić information content (AvgIpc) is 2.70. The average molecular weight is 253 g/mol. The van der Waals surface area contributed by atoms with Crippen LogP contribution in [0, 0.1) is 17.8 Å². The van der Waals surface area contributed by atoms with Crippen molar-refractivity contribution < 1.29 is 14.3 Å². The Hall–Kier alpha value is -1.06. The third kappa shape index (κ3) is 2.52. The van der Waals surface area contributed by atoms with Crippen LogP contribution in [-0.2, 0) is 9.53 Å². The lowest BCUT2D eigenvalue weighted by atomic mass is 9.95. The van der Waals surface area contributed by atoms with E-state index in [0.717, 1.165) is 19.1 Å². The number of ether oxygens (including phenoxy) is 1. The largest absolute Gasteiger partial charge is 0.444 e. The predicted octanol–water partition coefficient (Wildman–Crippen LogP) is 2.47. The van der Waals surface area contributed by atoms with Crippen molar-refractivity contribution in [3.63, 3.8) is 0 Å². The van der Waals surface area contributed by atoms with Gasteiger partial charge in [0.2, 0.25) is 0 Å². The number of aldehydes is 1. The smallest absolute Gasteiger partial charge is 0.410 e. The van der Waals surface area contributed by atoms with Crippen LogP contribution in [0.25, 0.3) is 0 Å². The molecule has 1 heterocycles. The summed E-state index contributed by atoms with van der Waals surface area (Å²) in [6, 6.07) is -0.283. The highest BCUT2D eigenvalue weighted by Crippen LogP contribution is 2.44. The highest BCUT2D eigenvalue weighted by molar-refractivity contribution is 5.75. The summed E-state index contributed by atoms with van der Waals surface area (Å²) in [5.74, 6) is 1.48. The fourth-order valence-electron chi connectivity index (χ4n) is 3.37. The minimum absolute atomic E-state index is 0.283. The van der Waals surface area contributed by atoms with Gasteiger partial charge >= 0.3 is 6.09 Å². The summed E-state index contributed by atoms with van der Waals surface area (Å²) < 4.78 is 5.37. The number of carbonyl (C=O) groups excluding carboxylic acids is 2. The molecule has 2 aliphatic rings. The van der Waals surface area contributed by atoms with Crippen LogP contribution in [0.2, 0.25) is 0 Å². The first-order chi connectivity index (χ1) is 8.31. The van der Waals surface area contributed by atoms with E-state index < -0.39 is 5.60 Å². The minimum atomic E-state index is -0.504. The van der Waals surface area contributed by atoms with Gasteiger partial charge in [-0.2, -0.15) is 0 Å². The van der Waals surface area contributed by atoms with Gasteiger partial charge in [-0.3, -0.25) is 4.90 Å². The highest BCUT2D eigenvalue weighted by atomic mass is 16.6.